The summed E-state index contributed by atoms with van der Waals surface area (Å²) in [6.45, 7) is 11.5. The van der Waals surface area contributed by atoms with Crippen LogP contribution in [0.4, 0.5) is 5.13 Å². The molecule has 3 atom stereocenters. The van der Waals surface area contributed by atoms with Crippen LogP contribution in [0.5, 0.6) is 0 Å². The molecule has 1 aromatic rings. The number of amides is 1. The third-order valence-corrected chi connectivity index (χ3v) is 8.39. The number of thiazole rings is 1. The highest BCUT2D eigenvalue weighted by Gasteiger charge is 2.61. The van der Waals surface area contributed by atoms with Gasteiger partial charge in [0.2, 0.25) is 5.91 Å². The third-order valence-electron chi connectivity index (χ3n) is 7.56. The van der Waals surface area contributed by atoms with Crippen LogP contribution in [0.1, 0.15) is 40.0 Å². The average Bonchev–Trinajstić information content (AvgIpc) is 3.22. The first-order chi connectivity index (χ1) is 11.9. The van der Waals surface area contributed by atoms with Crippen molar-refractivity contribution in [3.8, 4) is 0 Å². The second-order valence-electron chi connectivity index (χ2n) is 8.81. The fourth-order valence-corrected chi connectivity index (χ4v) is 6.03. The topological polar surface area (TPSA) is 48.5 Å². The Kier molecular flexibility index (Phi) is 4.31. The van der Waals surface area contributed by atoms with Crippen molar-refractivity contribution in [3.63, 3.8) is 0 Å². The summed E-state index contributed by atoms with van der Waals surface area (Å²) < 4.78 is 0. The highest BCUT2D eigenvalue weighted by atomic mass is 32.1. The molecule has 1 amide bonds. The number of fused-ring (bicyclic) bond motifs is 2. The molecular weight excluding hydrogens is 332 g/mol. The molecule has 3 aliphatic rings. The van der Waals surface area contributed by atoms with Crippen molar-refractivity contribution in [1.29, 1.82) is 0 Å². The summed E-state index contributed by atoms with van der Waals surface area (Å²) >= 11 is 1.69. The Bertz CT molecular complexity index is 623. The van der Waals surface area contributed by atoms with E-state index in [4.69, 9.17) is 0 Å². The smallest absolute Gasteiger partial charge is 0.234 e. The van der Waals surface area contributed by atoms with Crippen LogP contribution in [0, 0.1) is 16.7 Å². The molecule has 25 heavy (non-hydrogen) atoms. The van der Waals surface area contributed by atoms with Gasteiger partial charge in [-0.3, -0.25) is 9.69 Å². The number of nitrogens with one attached hydrogen (secondary N) is 1. The summed E-state index contributed by atoms with van der Waals surface area (Å²) in [6, 6.07) is 0.352. The number of hydrogen-bond donors (Lipinski definition) is 1. The molecule has 1 saturated heterocycles. The zero-order chi connectivity index (χ0) is 17.7. The predicted molar refractivity (Wildman–Crippen MR) is 102 cm³/mol. The first-order valence-corrected chi connectivity index (χ1v) is 10.4. The van der Waals surface area contributed by atoms with Gasteiger partial charge >= 0.3 is 0 Å². The van der Waals surface area contributed by atoms with E-state index < -0.39 is 0 Å². The summed E-state index contributed by atoms with van der Waals surface area (Å²) in [5.74, 6) is 0.974. The molecule has 1 aromatic heterocycles. The molecule has 2 saturated carbocycles. The maximum atomic E-state index is 12.6. The van der Waals surface area contributed by atoms with Crippen molar-refractivity contribution < 1.29 is 4.79 Å². The van der Waals surface area contributed by atoms with Gasteiger partial charge in [-0.25, -0.2) is 4.98 Å². The fraction of sp³-hybridized carbons (Fsp3) is 0.789. The van der Waals surface area contributed by atoms with Crippen molar-refractivity contribution in [3.05, 3.63) is 11.6 Å². The van der Waals surface area contributed by atoms with Gasteiger partial charge in [0.15, 0.2) is 5.13 Å². The summed E-state index contributed by atoms with van der Waals surface area (Å²) in [6.07, 6.45) is 5.60. The maximum absolute atomic E-state index is 12.6. The van der Waals surface area contributed by atoms with E-state index in [1.54, 1.807) is 11.3 Å². The van der Waals surface area contributed by atoms with E-state index in [1.165, 1.54) is 12.8 Å². The standard InChI is InChI=1S/C19H30N4OS/c1-18(2)14-4-5-19(18,3)15(12-14)21-16(24)13-22-7-9-23(10-8-22)17-20-6-11-25-17/h6,11,14-15H,4-5,7-10,12-13H2,1-3H3,(H,21,24). The lowest BCUT2D eigenvalue weighted by Gasteiger charge is -2.40. The van der Waals surface area contributed by atoms with Crippen LogP contribution in [0.15, 0.2) is 11.6 Å². The number of piperazine rings is 1. The number of aromatic nitrogens is 1. The van der Waals surface area contributed by atoms with Crippen molar-refractivity contribution in [2.75, 3.05) is 37.6 Å². The van der Waals surface area contributed by atoms with Crippen molar-refractivity contribution >= 4 is 22.4 Å². The van der Waals surface area contributed by atoms with E-state index in [9.17, 15) is 4.79 Å². The molecule has 3 fully saturated rings. The summed E-state index contributed by atoms with van der Waals surface area (Å²) in [7, 11) is 0. The summed E-state index contributed by atoms with van der Waals surface area (Å²) in [5, 5.41) is 6.51. The minimum Gasteiger partial charge on any atom is -0.352 e. The SMILES string of the molecule is CC1(C)C2CCC1(C)C(NC(=O)CN1CCN(c3nccs3)CC1)C2. The molecule has 1 aliphatic heterocycles. The molecule has 5 nitrogen and oxygen atoms in total. The highest BCUT2D eigenvalue weighted by molar-refractivity contribution is 7.13. The molecular formula is C19H30N4OS. The monoisotopic (exact) mass is 362 g/mol. The van der Waals surface area contributed by atoms with Gasteiger partial charge in [0.05, 0.1) is 6.54 Å². The predicted octanol–water partition coefficient (Wildman–Crippen LogP) is 2.60. The normalized spacial score (nSPS) is 34.4. The Balaban J connectivity index is 1.28. The molecule has 6 heteroatoms. The van der Waals surface area contributed by atoms with Crippen LogP contribution >= 0.6 is 11.3 Å². The first kappa shape index (κ1) is 17.3. The minimum atomic E-state index is 0.206. The molecule has 2 bridgehead atoms. The van der Waals surface area contributed by atoms with Gasteiger partial charge in [-0.2, -0.15) is 0 Å². The zero-order valence-electron chi connectivity index (χ0n) is 15.6. The van der Waals surface area contributed by atoms with E-state index in [1.807, 2.05) is 11.6 Å². The lowest BCUT2D eigenvalue weighted by Crippen LogP contribution is -2.53. The van der Waals surface area contributed by atoms with Gasteiger partial charge in [0.25, 0.3) is 0 Å². The van der Waals surface area contributed by atoms with Crippen LogP contribution in [-0.4, -0.2) is 54.6 Å². The third kappa shape index (κ3) is 2.87. The van der Waals surface area contributed by atoms with Gasteiger partial charge in [-0.15, -0.1) is 11.3 Å². The largest absolute Gasteiger partial charge is 0.352 e. The number of rotatable bonds is 4. The number of hydrogen-bond acceptors (Lipinski definition) is 5. The Morgan fingerprint density at radius 2 is 2.08 bits per heavy atom. The van der Waals surface area contributed by atoms with Gasteiger partial charge in [0, 0.05) is 43.8 Å². The van der Waals surface area contributed by atoms with Crippen molar-refractivity contribution in [2.24, 2.45) is 16.7 Å². The van der Waals surface area contributed by atoms with Gasteiger partial charge in [-0.1, -0.05) is 20.8 Å². The van der Waals surface area contributed by atoms with E-state index in [0.717, 1.165) is 43.6 Å². The maximum Gasteiger partial charge on any atom is 0.234 e. The van der Waals surface area contributed by atoms with E-state index in [0.29, 0.717) is 18.0 Å². The molecule has 3 unspecified atom stereocenters. The molecule has 0 spiro atoms. The van der Waals surface area contributed by atoms with E-state index >= 15 is 0 Å². The van der Waals surface area contributed by atoms with Gasteiger partial charge in [-0.05, 0) is 36.0 Å². The van der Waals surface area contributed by atoms with Crippen LogP contribution in [0.25, 0.3) is 0 Å². The zero-order valence-corrected chi connectivity index (χ0v) is 16.4. The second kappa shape index (κ2) is 6.23. The van der Waals surface area contributed by atoms with E-state index in [2.05, 4.69) is 40.9 Å². The van der Waals surface area contributed by atoms with Gasteiger partial charge < -0.3 is 10.2 Å². The summed E-state index contributed by atoms with van der Waals surface area (Å²) in [5.41, 5.74) is 0.612. The Labute approximate surface area is 154 Å². The van der Waals surface area contributed by atoms with Gasteiger partial charge in [0.1, 0.15) is 0 Å². The molecule has 2 heterocycles. The number of carbonyl (C=O) groups excluding carboxylic acids is 1. The second-order valence-corrected chi connectivity index (χ2v) is 9.68. The molecule has 2 aliphatic carbocycles. The lowest BCUT2D eigenvalue weighted by atomic mass is 9.69. The summed E-state index contributed by atoms with van der Waals surface area (Å²) in [4.78, 5) is 21.6. The quantitative estimate of drug-likeness (QED) is 0.894. The van der Waals surface area contributed by atoms with Crippen LogP contribution in [-0.2, 0) is 4.79 Å². The van der Waals surface area contributed by atoms with E-state index in [-0.39, 0.29) is 11.3 Å². The molecule has 1 N–H and O–H groups in total. The Morgan fingerprint density at radius 3 is 2.64 bits per heavy atom. The van der Waals surface area contributed by atoms with Crippen LogP contribution in [0.3, 0.4) is 0 Å². The average molecular weight is 363 g/mol. The number of carbonyl (C=O) groups is 1. The highest BCUT2D eigenvalue weighted by Crippen LogP contribution is 2.65. The Hall–Kier alpha value is -1.14. The Morgan fingerprint density at radius 1 is 1.32 bits per heavy atom. The minimum absolute atomic E-state index is 0.206. The molecule has 138 valence electrons. The number of anilines is 1. The molecule has 4 rings (SSSR count). The molecule has 0 radical (unpaired) electrons. The van der Waals surface area contributed by atoms with Crippen molar-refractivity contribution in [1.82, 2.24) is 15.2 Å². The van der Waals surface area contributed by atoms with Crippen LogP contribution in [0.2, 0.25) is 0 Å². The van der Waals surface area contributed by atoms with Crippen LogP contribution < -0.4 is 10.2 Å². The lowest BCUT2D eigenvalue weighted by molar-refractivity contribution is -0.124. The number of nitrogens with zero attached hydrogens (tertiary/aromatic N) is 3. The molecule has 0 aromatic carbocycles. The first-order valence-electron chi connectivity index (χ1n) is 9.56. The fourth-order valence-electron chi connectivity index (χ4n) is 5.33. The van der Waals surface area contributed by atoms with Crippen molar-refractivity contribution in [2.45, 2.75) is 46.1 Å².